The number of sulfonamides is 1. The van der Waals surface area contributed by atoms with Crippen LogP contribution in [0, 0.1) is 6.92 Å². The highest BCUT2D eigenvalue weighted by Crippen LogP contribution is 2.25. The fourth-order valence-electron chi connectivity index (χ4n) is 3.66. The standard InChI is InChI=1S/C22H25N7O3S/c1-16-14-18(24-17(2)30)5-6-20(16)33(31,32)29-12-10-28(11-13-29)22-8-7-21(26-27-22)25-19-4-3-9-23-15-19/h3-9,14-15H,10-13H2,1-2H3,(H,24,30)(H,25,26). The molecule has 11 heteroatoms. The number of hydrogen-bond acceptors (Lipinski definition) is 8. The molecule has 0 saturated carbocycles. The van der Waals surface area contributed by atoms with Crippen LogP contribution in [0.2, 0.25) is 0 Å². The van der Waals surface area contributed by atoms with Gasteiger partial charge in [-0.1, -0.05) is 0 Å². The van der Waals surface area contributed by atoms with Gasteiger partial charge in [-0.2, -0.15) is 4.31 Å². The summed E-state index contributed by atoms with van der Waals surface area (Å²) in [6, 6.07) is 12.2. The lowest BCUT2D eigenvalue weighted by Crippen LogP contribution is -2.49. The molecule has 0 radical (unpaired) electrons. The number of amides is 1. The highest BCUT2D eigenvalue weighted by Gasteiger charge is 2.30. The van der Waals surface area contributed by atoms with Crippen molar-refractivity contribution in [3.8, 4) is 0 Å². The summed E-state index contributed by atoms with van der Waals surface area (Å²) < 4.78 is 27.8. The van der Waals surface area contributed by atoms with Gasteiger partial charge in [0, 0.05) is 45.0 Å². The van der Waals surface area contributed by atoms with E-state index < -0.39 is 10.0 Å². The van der Waals surface area contributed by atoms with Gasteiger partial charge in [0.1, 0.15) is 0 Å². The number of anilines is 4. The molecule has 10 nitrogen and oxygen atoms in total. The Morgan fingerprint density at radius 2 is 1.79 bits per heavy atom. The molecule has 2 N–H and O–H groups in total. The van der Waals surface area contributed by atoms with E-state index in [1.807, 2.05) is 29.2 Å². The molecule has 0 unspecified atom stereocenters. The summed E-state index contributed by atoms with van der Waals surface area (Å²) in [6.45, 7) is 4.83. The molecule has 2 aromatic heterocycles. The summed E-state index contributed by atoms with van der Waals surface area (Å²) in [7, 11) is -3.64. The number of hydrogen-bond donors (Lipinski definition) is 2. The second-order valence-electron chi connectivity index (χ2n) is 7.70. The Balaban J connectivity index is 1.39. The van der Waals surface area contributed by atoms with Gasteiger partial charge in [0.25, 0.3) is 0 Å². The lowest BCUT2D eigenvalue weighted by Gasteiger charge is -2.34. The topological polar surface area (TPSA) is 120 Å². The van der Waals surface area contributed by atoms with Crippen LogP contribution in [0.4, 0.5) is 23.0 Å². The molecule has 0 bridgehead atoms. The van der Waals surface area contributed by atoms with Gasteiger partial charge in [0.2, 0.25) is 15.9 Å². The number of benzene rings is 1. The highest BCUT2D eigenvalue weighted by molar-refractivity contribution is 7.89. The zero-order valence-electron chi connectivity index (χ0n) is 18.4. The molecule has 1 amide bonds. The van der Waals surface area contributed by atoms with Gasteiger partial charge in [0.15, 0.2) is 11.6 Å². The van der Waals surface area contributed by atoms with Crippen molar-refractivity contribution in [3.63, 3.8) is 0 Å². The van der Waals surface area contributed by atoms with Crippen LogP contribution in [0.1, 0.15) is 12.5 Å². The summed E-state index contributed by atoms with van der Waals surface area (Å²) in [4.78, 5) is 17.6. The van der Waals surface area contributed by atoms with Crippen LogP contribution in [0.3, 0.4) is 0 Å². The maximum atomic E-state index is 13.2. The molecule has 1 fully saturated rings. The molecule has 1 aromatic carbocycles. The molecule has 0 atom stereocenters. The van der Waals surface area contributed by atoms with Crippen molar-refractivity contribution in [2.45, 2.75) is 18.7 Å². The molecular formula is C22H25N7O3S. The number of carbonyl (C=O) groups is 1. The van der Waals surface area contributed by atoms with Gasteiger partial charge in [-0.3, -0.25) is 9.78 Å². The Hall–Kier alpha value is -3.57. The molecule has 1 aliphatic heterocycles. The first-order chi connectivity index (χ1) is 15.8. The van der Waals surface area contributed by atoms with Crippen molar-refractivity contribution in [1.82, 2.24) is 19.5 Å². The van der Waals surface area contributed by atoms with Crippen LogP contribution < -0.4 is 15.5 Å². The first-order valence-electron chi connectivity index (χ1n) is 10.5. The zero-order valence-corrected chi connectivity index (χ0v) is 19.2. The number of carbonyl (C=O) groups excluding carboxylic acids is 1. The van der Waals surface area contributed by atoms with Crippen LogP contribution in [-0.2, 0) is 14.8 Å². The van der Waals surface area contributed by atoms with E-state index >= 15 is 0 Å². The first kappa shape index (κ1) is 22.6. The maximum absolute atomic E-state index is 13.2. The van der Waals surface area contributed by atoms with Gasteiger partial charge in [0.05, 0.1) is 16.8 Å². The van der Waals surface area contributed by atoms with Crippen molar-refractivity contribution >= 4 is 38.9 Å². The minimum absolute atomic E-state index is 0.204. The Kier molecular flexibility index (Phi) is 6.52. The summed E-state index contributed by atoms with van der Waals surface area (Å²) in [5.41, 5.74) is 1.98. The van der Waals surface area contributed by atoms with Crippen LogP contribution >= 0.6 is 0 Å². The third-order valence-corrected chi connectivity index (χ3v) is 7.32. The third kappa shape index (κ3) is 5.26. The summed E-state index contributed by atoms with van der Waals surface area (Å²) in [6.07, 6.45) is 3.40. The van der Waals surface area contributed by atoms with Gasteiger partial charge in [-0.05, 0) is 55.0 Å². The molecule has 0 aliphatic carbocycles. The lowest BCUT2D eigenvalue weighted by atomic mass is 10.2. The fourth-order valence-corrected chi connectivity index (χ4v) is 5.29. The van der Waals surface area contributed by atoms with Gasteiger partial charge in [-0.15, -0.1) is 10.2 Å². The summed E-state index contributed by atoms with van der Waals surface area (Å²) in [5.74, 6) is 1.09. The highest BCUT2D eigenvalue weighted by atomic mass is 32.2. The smallest absolute Gasteiger partial charge is 0.243 e. The van der Waals surface area contributed by atoms with Crippen molar-refractivity contribution in [1.29, 1.82) is 0 Å². The fraction of sp³-hybridized carbons (Fsp3) is 0.273. The van der Waals surface area contributed by atoms with Crippen molar-refractivity contribution in [2.75, 3.05) is 41.7 Å². The monoisotopic (exact) mass is 467 g/mol. The summed E-state index contributed by atoms with van der Waals surface area (Å²) in [5, 5.41) is 14.3. The molecule has 4 rings (SSSR count). The number of piperazine rings is 1. The average molecular weight is 468 g/mol. The zero-order chi connectivity index (χ0) is 23.4. The molecule has 3 aromatic rings. The predicted octanol–water partition coefficient (Wildman–Crippen LogP) is 2.39. The second kappa shape index (κ2) is 9.51. The minimum Gasteiger partial charge on any atom is -0.352 e. The van der Waals surface area contributed by atoms with Gasteiger partial charge in [-0.25, -0.2) is 8.42 Å². The number of rotatable bonds is 6. The van der Waals surface area contributed by atoms with Crippen LogP contribution in [-0.4, -0.2) is 60.0 Å². The Bertz CT molecular complexity index is 1230. The van der Waals surface area contributed by atoms with Crippen LogP contribution in [0.25, 0.3) is 0 Å². The molecule has 33 heavy (non-hydrogen) atoms. The number of nitrogens with zero attached hydrogens (tertiary/aromatic N) is 5. The number of aryl methyl sites for hydroxylation is 1. The molecule has 1 saturated heterocycles. The molecule has 172 valence electrons. The van der Waals surface area contributed by atoms with Crippen LogP contribution in [0.15, 0.2) is 59.8 Å². The van der Waals surface area contributed by atoms with Crippen molar-refractivity contribution in [2.24, 2.45) is 0 Å². The van der Waals surface area contributed by atoms with Crippen molar-refractivity contribution < 1.29 is 13.2 Å². The normalized spacial score (nSPS) is 14.7. The number of aromatic nitrogens is 3. The minimum atomic E-state index is -3.64. The van der Waals surface area contributed by atoms with Crippen molar-refractivity contribution in [3.05, 3.63) is 60.4 Å². The van der Waals surface area contributed by atoms with E-state index in [1.165, 1.54) is 11.2 Å². The Morgan fingerprint density at radius 3 is 2.39 bits per heavy atom. The third-order valence-electron chi connectivity index (χ3n) is 5.26. The maximum Gasteiger partial charge on any atom is 0.243 e. The van der Waals surface area contributed by atoms with E-state index in [0.29, 0.717) is 49.1 Å². The van der Waals surface area contributed by atoms with E-state index in [0.717, 1.165) is 5.69 Å². The SMILES string of the molecule is CC(=O)Nc1ccc(S(=O)(=O)N2CCN(c3ccc(Nc4cccnc4)nn3)CC2)c(C)c1. The quantitative estimate of drug-likeness (QED) is 0.567. The van der Waals surface area contributed by atoms with E-state index in [9.17, 15) is 13.2 Å². The molecule has 1 aliphatic rings. The predicted molar refractivity (Wildman–Crippen MR) is 126 cm³/mol. The van der Waals surface area contributed by atoms with E-state index in [2.05, 4.69) is 25.8 Å². The number of nitrogens with one attached hydrogen (secondary N) is 2. The number of pyridine rings is 1. The molecule has 3 heterocycles. The van der Waals surface area contributed by atoms with E-state index in [-0.39, 0.29) is 10.8 Å². The van der Waals surface area contributed by atoms with E-state index in [4.69, 9.17) is 0 Å². The van der Waals surface area contributed by atoms with Gasteiger partial charge >= 0.3 is 0 Å². The van der Waals surface area contributed by atoms with Gasteiger partial charge < -0.3 is 15.5 Å². The Labute approximate surface area is 192 Å². The largest absolute Gasteiger partial charge is 0.352 e. The lowest BCUT2D eigenvalue weighted by molar-refractivity contribution is -0.114. The summed E-state index contributed by atoms with van der Waals surface area (Å²) >= 11 is 0. The first-order valence-corrected chi connectivity index (χ1v) is 11.9. The van der Waals surface area contributed by atoms with E-state index in [1.54, 1.807) is 37.5 Å². The second-order valence-corrected chi connectivity index (χ2v) is 9.60. The van der Waals surface area contributed by atoms with Crippen LogP contribution in [0.5, 0.6) is 0 Å². The average Bonchev–Trinajstić information content (AvgIpc) is 2.80. The molecular weight excluding hydrogens is 442 g/mol. The Morgan fingerprint density at radius 1 is 1.00 bits per heavy atom. The molecule has 0 spiro atoms.